The maximum absolute atomic E-state index is 13.0. The highest BCUT2D eigenvalue weighted by atomic mass is 32.2. The van der Waals surface area contributed by atoms with E-state index >= 15 is 0 Å². The van der Waals surface area contributed by atoms with E-state index in [-0.39, 0.29) is 11.5 Å². The Balaban J connectivity index is 1.96. The third-order valence-electron chi connectivity index (χ3n) is 2.77. The molecule has 17 heavy (non-hydrogen) atoms. The number of halogens is 1. The Bertz CT molecular complexity index is 419. The summed E-state index contributed by atoms with van der Waals surface area (Å²) in [6, 6.07) is 3.83. The molecule has 0 radical (unpaired) electrons. The van der Waals surface area contributed by atoms with Crippen LogP contribution in [0.2, 0.25) is 0 Å². The van der Waals surface area contributed by atoms with Crippen molar-refractivity contribution in [3.05, 3.63) is 29.6 Å². The van der Waals surface area contributed by atoms with Crippen LogP contribution < -0.4 is 11.1 Å². The van der Waals surface area contributed by atoms with Gasteiger partial charge in [0.15, 0.2) is 0 Å². The number of thioether (sulfide) groups is 1. The second-order valence-corrected chi connectivity index (χ2v) is 5.48. The van der Waals surface area contributed by atoms with Gasteiger partial charge in [0.2, 0.25) is 0 Å². The summed E-state index contributed by atoms with van der Waals surface area (Å²) in [5, 5.41) is 3.28. The highest BCUT2D eigenvalue weighted by Gasteiger charge is 2.17. The number of hydrogen-bond donors (Lipinski definition) is 2. The molecule has 5 heteroatoms. The lowest BCUT2D eigenvalue weighted by Gasteiger charge is -2.11. The molecule has 2 rings (SSSR count). The summed E-state index contributed by atoms with van der Waals surface area (Å²) in [7, 11) is 0. The molecule has 0 bridgehead atoms. The Morgan fingerprint density at radius 1 is 1.59 bits per heavy atom. The number of benzene rings is 1. The van der Waals surface area contributed by atoms with Gasteiger partial charge in [-0.3, -0.25) is 4.79 Å². The van der Waals surface area contributed by atoms with Crippen LogP contribution in [0.5, 0.6) is 0 Å². The van der Waals surface area contributed by atoms with Crippen LogP contribution in [0.1, 0.15) is 23.2 Å². The topological polar surface area (TPSA) is 55.1 Å². The minimum atomic E-state index is -0.445. The average molecular weight is 254 g/mol. The lowest BCUT2D eigenvalue weighted by Crippen LogP contribution is -2.30. The third kappa shape index (κ3) is 3.12. The van der Waals surface area contributed by atoms with Gasteiger partial charge >= 0.3 is 0 Å². The minimum Gasteiger partial charge on any atom is -0.398 e. The summed E-state index contributed by atoms with van der Waals surface area (Å²) in [4.78, 5) is 11.8. The molecule has 0 aliphatic carbocycles. The summed E-state index contributed by atoms with van der Waals surface area (Å²) in [6.45, 7) is 0.624. The number of amides is 1. The van der Waals surface area contributed by atoms with Gasteiger partial charge in [-0.15, -0.1) is 0 Å². The molecule has 1 aromatic rings. The lowest BCUT2D eigenvalue weighted by atomic mass is 10.1. The van der Waals surface area contributed by atoms with E-state index in [1.807, 2.05) is 11.8 Å². The van der Waals surface area contributed by atoms with Crippen LogP contribution in [0.15, 0.2) is 18.2 Å². The van der Waals surface area contributed by atoms with E-state index < -0.39 is 5.82 Å². The Kier molecular flexibility index (Phi) is 3.89. The second-order valence-electron chi connectivity index (χ2n) is 4.08. The Morgan fingerprint density at radius 3 is 3.12 bits per heavy atom. The first kappa shape index (κ1) is 12.2. The molecule has 0 aromatic heterocycles. The van der Waals surface area contributed by atoms with E-state index in [1.54, 1.807) is 0 Å². The Labute approximate surface area is 104 Å². The SMILES string of the molecule is Nc1ccc(F)cc1C(=O)NCC1CCCS1. The van der Waals surface area contributed by atoms with Gasteiger partial charge in [0.1, 0.15) is 5.82 Å². The van der Waals surface area contributed by atoms with Crippen molar-refractivity contribution < 1.29 is 9.18 Å². The maximum atomic E-state index is 13.0. The molecular formula is C12H15FN2OS. The minimum absolute atomic E-state index is 0.216. The van der Waals surface area contributed by atoms with Gasteiger partial charge in [-0.2, -0.15) is 11.8 Å². The molecule has 1 aromatic carbocycles. The molecule has 1 unspecified atom stereocenters. The van der Waals surface area contributed by atoms with Gasteiger partial charge in [0, 0.05) is 17.5 Å². The highest BCUT2D eigenvalue weighted by molar-refractivity contribution is 8.00. The Morgan fingerprint density at radius 2 is 2.41 bits per heavy atom. The number of rotatable bonds is 3. The number of nitrogens with two attached hydrogens (primary N) is 1. The fourth-order valence-corrected chi connectivity index (χ4v) is 3.03. The summed E-state index contributed by atoms with van der Waals surface area (Å²) >= 11 is 1.87. The van der Waals surface area contributed by atoms with Crippen molar-refractivity contribution in [1.29, 1.82) is 0 Å². The quantitative estimate of drug-likeness (QED) is 0.812. The van der Waals surface area contributed by atoms with E-state index in [2.05, 4.69) is 5.32 Å². The third-order valence-corrected chi connectivity index (χ3v) is 4.17. The largest absolute Gasteiger partial charge is 0.398 e. The van der Waals surface area contributed by atoms with Crippen LogP contribution >= 0.6 is 11.8 Å². The van der Waals surface area contributed by atoms with Gasteiger partial charge in [-0.25, -0.2) is 4.39 Å². The summed E-state index contributed by atoms with van der Waals surface area (Å²) in [5.41, 5.74) is 6.17. The van der Waals surface area contributed by atoms with E-state index in [9.17, 15) is 9.18 Å². The van der Waals surface area contributed by atoms with Crippen molar-refractivity contribution in [2.24, 2.45) is 0 Å². The van der Waals surface area contributed by atoms with E-state index in [1.165, 1.54) is 24.6 Å². The second kappa shape index (κ2) is 5.40. The average Bonchev–Trinajstić information content (AvgIpc) is 2.82. The zero-order chi connectivity index (χ0) is 12.3. The van der Waals surface area contributed by atoms with Crippen molar-refractivity contribution in [3.63, 3.8) is 0 Å². The van der Waals surface area contributed by atoms with Gasteiger partial charge in [0.05, 0.1) is 5.56 Å². The van der Waals surface area contributed by atoms with Crippen LogP contribution in [0.3, 0.4) is 0 Å². The molecule has 0 spiro atoms. The van der Waals surface area contributed by atoms with Crippen molar-refractivity contribution in [1.82, 2.24) is 5.32 Å². The highest BCUT2D eigenvalue weighted by Crippen LogP contribution is 2.25. The smallest absolute Gasteiger partial charge is 0.253 e. The fourth-order valence-electron chi connectivity index (χ4n) is 1.83. The van der Waals surface area contributed by atoms with E-state index in [0.29, 0.717) is 17.5 Å². The first-order valence-electron chi connectivity index (χ1n) is 5.61. The molecule has 1 aliphatic heterocycles. The van der Waals surface area contributed by atoms with Crippen LogP contribution in [-0.4, -0.2) is 23.5 Å². The lowest BCUT2D eigenvalue weighted by molar-refractivity contribution is 0.0954. The number of carbonyl (C=O) groups is 1. The number of carbonyl (C=O) groups excluding carboxylic acids is 1. The standard InChI is InChI=1S/C12H15FN2OS/c13-8-3-4-11(14)10(6-8)12(16)15-7-9-2-1-5-17-9/h3-4,6,9H,1-2,5,7,14H2,(H,15,16). The molecular weight excluding hydrogens is 239 g/mol. The molecule has 1 amide bonds. The number of hydrogen-bond acceptors (Lipinski definition) is 3. The van der Waals surface area contributed by atoms with Crippen molar-refractivity contribution in [2.75, 3.05) is 18.0 Å². The molecule has 1 heterocycles. The molecule has 3 N–H and O–H groups in total. The number of anilines is 1. The van der Waals surface area contributed by atoms with E-state index in [0.717, 1.165) is 12.2 Å². The summed E-state index contributed by atoms with van der Waals surface area (Å²) < 4.78 is 13.0. The first-order valence-corrected chi connectivity index (χ1v) is 6.66. The normalized spacial score (nSPS) is 19.2. The van der Waals surface area contributed by atoms with Crippen LogP contribution in [-0.2, 0) is 0 Å². The molecule has 1 aliphatic rings. The predicted octanol–water partition coefficient (Wildman–Crippen LogP) is 2.03. The number of nitrogens with one attached hydrogen (secondary N) is 1. The van der Waals surface area contributed by atoms with Gasteiger partial charge < -0.3 is 11.1 Å². The van der Waals surface area contributed by atoms with Crippen LogP contribution in [0.4, 0.5) is 10.1 Å². The van der Waals surface area contributed by atoms with Crippen molar-refractivity contribution in [3.8, 4) is 0 Å². The van der Waals surface area contributed by atoms with Gasteiger partial charge in [0.25, 0.3) is 5.91 Å². The summed E-state index contributed by atoms with van der Waals surface area (Å²) in [6.07, 6.45) is 2.33. The van der Waals surface area contributed by atoms with Gasteiger partial charge in [-0.1, -0.05) is 0 Å². The molecule has 1 saturated heterocycles. The Hall–Kier alpha value is -1.23. The van der Waals surface area contributed by atoms with Crippen molar-refractivity contribution in [2.45, 2.75) is 18.1 Å². The molecule has 0 saturated carbocycles. The molecule has 1 fully saturated rings. The zero-order valence-electron chi connectivity index (χ0n) is 9.41. The molecule has 3 nitrogen and oxygen atoms in total. The maximum Gasteiger partial charge on any atom is 0.253 e. The number of nitrogen functional groups attached to an aromatic ring is 1. The van der Waals surface area contributed by atoms with Crippen LogP contribution in [0, 0.1) is 5.82 Å². The zero-order valence-corrected chi connectivity index (χ0v) is 10.2. The van der Waals surface area contributed by atoms with Gasteiger partial charge in [-0.05, 0) is 36.8 Å². The fraction of sp³-hybridized carbons (Fsp3) is 0.417. The molecule has 92 valence electrons. The monoisotopic (exact) mass is 254 g/mol. The summed E-state index contributed by atoms with van der Waals surface area (Å²) in [5.74, 6) is 0.414. The predicted molar refractivity (Wildman–Crippen MR) is 68.6 cm³/mol. The first-order chi connectivity index (χ1) is 8.16. The van der Waals surface area contributed by atoms with Crippen molar-refractivity contribution >= 4 is 23.4 Å². The van der Waals surface area contributed by atoms with E-state index in [4.69, 9.17) is 5.73 Å². The van der Waals surface area contributed by atoms with Crippen LogP contribution in [0.25, 0.3) is 0 Å². The molecule has 1 atom stereocenters.